The Morgan fingerprint density at radius 2 is 1.79 bits per heavy atom. The van der Waals surface area contributed by atoms with Crippen LogP contribution in [0.4, 0.5) is 4.39 Å². The lowest BCUT2D eigenvalue weighted by Crippen LogP contribution is -2.36. The Bertz CT molecular complexity index is 1240. The molecule has 0 aliphatic carbocycles. The second-order valence-corrected chi connectivity index (χ2v) is 7.75. The number of carbonyl (C=O) groups is 4. The van der Waals surface area contributed by atoms with Gasteiger partial charge in [0.2, 0.25) is 0 Å². The highest BCUT2D eigenvalue weighted by atomic mass is 19.1. The third kappa shape index (κ3) is 4.88. The molecule has 3 aromatic rings. The van der Waals surface area contributed by atoms with Crippen molar-refractivity contribution >= 4 is 23.7 Å². The van der Waals surface area contributed by atoms with Crippen molar-refractivity contribution in [1.29, 1.82) is 0 Å². The van der Waals surface area contributed by atoms with Crippen LogP contribution in [0.25, 0.3) is 0 Å². The largest absolute Gasteiger partial charge is 0.467 e. The monoisotopic (exact) mass is 464 g/mol. The Morgan fingerprint density at radius 3 is 2.50 bits per heavy atom. The van der Waals surface area contributed by atoms with Gasteiger partial charge in [0.1, 0.15) is 11.6 Å². The molecular weight excluding hydrogens is 443 g/mol. The van der Waals surface area contributed by atoms with Crippen molar-refractivity contribution in [2.75, 3.05) is 6.54 Å². The van der Waals surface area contributed by atoms with Crippen LogP contribution in [0.2, 0.25) is 0 Å². The van der Waals surface area contributed by atoms with E-state index in [2.05, 4.69) is 5.32 Å². The number of carbonyl (C=O) groups excluding carboxylic acids is 4. The number of hydrogen-bond acceptors (Lipinski definition) is 6. The number of ether oxygens (including phenoxy) is 1. The normalized spacial score (nSPS) is 13.5. The van der Waals surface area contributed by atoms with Crippen LogP contribution in [-0.2, 0) is 22.5 Å². The van der Waals surface area contributed by atoms with Crippen LogP contribution in [0, 0.1) is 5.82 Å². The molecule has 0 spiro atoms. The van der Waals surface area contributed by atoms with E-state index < -0.39 is 29.8 Å². The number of nitrogens with zero attached hydrogens (tertiary/aromatic N) is 1. The van der Waals surface area contributed by atoms with Crippen molar-refractivity contribution in [2.24, 2.45) is 0 Å². The van der Waals surface area contributed by atoms with Crippen molar-refractivity contribution in [2.45, 2.75) is 26.0 Å². The first kappa shape index (κ1) is 22.9. The molecule has 0 saturated heterocycles. The zero-order valence-corrected chi connectivity index (χ0v) is 18.2. The molecule has 8 nitrogen and oxygen atoms in total. The van der Waals surface area contributed by atoms with E-state index in [1.54, 1.807) is 24.3 Å². The molecule has 0 fully saturated rings. The van der Waals surface area contributed by atoms with E-state index in [9.17, 15) is 23.6 Å². The fraction of sp³-hybridized carbons (Fsp3) is 0.200. The van der Waals surface area contributed by atoms with Gasteiger partial charge in [0.25, 0.3) is 17.7 Å². The fourth-order valence-electron chi connectivity index (χ4n) is 3.53. The number of benzene rings is 2. The Balaban J connectivity index is 1.34. The summed E-state index contributed by atoms with van der Waals surface area (Å²) in [5.74, 6) is -2.20. The van der Waals surface area contributed by atoms with Crippen LogP contribution >= 0.6 is 0 Å². The highest BCUT2D eigenvalue weighted by molar-refractivity contribution is 6.21. The van der Waals surface area contributed by atoms with Gasteiger partial charge in [-0.2, -0.15) is 0 Å². The fourth-order valence-corrected chi connectivity index (χ4v) is 3.53. The Labute approximate surface area is 194 Å². The second-order valence-electron chi connectivity index (χ2n) is 7.75. The number of furan rings is 1. The highest BCUT2D eigenvalue weighted by Gasteiger charge is 2.36. The van der Waals surface area contributed by atoms with E-state index >= 15 is 0 Å². The zero-order chi connectivity index (χ0) is 24.2. The maximum Gasteiger partial charge on any atom is 0.338 e. The number of halogens is 1. The van der Waals surface area contributed by atoms with Gasteiger partial charge >= 0.3 is 5.97 Å². The van der Waals surface area contributed by atoms with Gasteiger partial charge in [0.05, 0.1) is 29.5 Å². The molecule has 2 heterocycles. The summed E-state index contributed by atoms with van der Waals surface area (Å²) in [6.45, 7) is 1.69. The topological polar surface area (TPSA) is 106 Å². The molecule has 0 saturated carbocycles. The first-order chi connectivity index (χ1) is 16.3. The number of fused-ring (bicyclic) bond motifs is 1. The molecule has 9 heteroatoms. The number of hydrogen-bond donors (Lipinski definition) is 1. The molecule has 1 unspecified atom stereocenters. The van der Waals surface area contributed by atoms with Gasteiger partial charge in [-0.15, -0.1) is 0 Å². The van der Waals surface area contributed by atoms with E-state index in [-0.39, 0.29) is 35.6 Å². The van der Waals surface area contributed by atoms with Gasteiger partial charge in [0.15, 0.2) is 6.10 Å². The standard InChI is InChI=1S/C25H21FN2O6/c1-15(22(29)27-11-10-16-4-7-18(26)8-5-16)34-25(32)17-6-9-20-21(13-17)24(31)28(23(20)30)14-19-3-2-12-33-19/h2-9,12-13,15H,10-11,14H2,1H3,(H,27,29). The molecule has 2 aromatic carbocycles. The van der Waals surface area contributed by atoms with Crippen molar-refractivity contribution in [3.05, 3.63) is 94.7 Å². The molecule has 174 valence electrons. The summed E-state index contributed by atoms with van der Waals surface area (Å²) in [4.78, 5) is 51.2. The number of esters is 1. The first-order valence-electron chi connectivity index (χ1n) is 10.6. The van der Waals surface area contributed by atoms with Gasteiger partial charge < -0.3 is 14.5 Å². The van der Waals surface area contributed by atoms with E-state index in [4.69, 9.17) is 9.15 Å². The predicted molar refractivity (Wildman–Crippen MR) is 117 cm³/mol. The van der Waals surface area contributed by atoms with Gasteiger partial charge in [-0.25, -0.2) is 9.18 Å². The molecule has 34 heavy (non-hydrogen) atoms. The van der Waals surface area contributed by atoms with Crippen LogP contribution in [0.5, 0.6) is 0 Å². The summed E-state index contributed by atoms with van der Waals surface area (Å²) in [5.41, 5.74) is 1.16. The molecular formula is C25H21FN2O6. The molecule has 1 N–H and O–H groups in total. The Hall–Kier alpha value is -4.27. The summed E-state index contributed by atoms with van der Waals surface area (Å²) >= 11 is 0. The number of imide groups is 1. The highest BCUT2D eigenvalue weighted by Crippen LogP contribution is 2.26. The van der Waals surface area contributed by atoms with Crippen LogP contribution < -0.4 is 5.32 Å². The summed E-state index contributed by atoms with van der Waals surface area (Å²) in [6, 6.07) is 13.3. The third-order valence-electron chi connectivity index (χ3n) is 5.38. The van der Waals surface area contributed by atoms with E-state index in [1.807, 2.05) is 0 Å². The molecule has 3 amide bonds. The number of rotatable bonds is 8. The minimum Gasteiger partial charge on any atom is -0.467 e. The quantitative estimate of drug-likeness (QED) is 0.406. The van der Waals surface area contributed by atoms with Gasteiger partial charge in [0, 0.05) is 6.54 Å². The molecule has 0 bridgehead atoms. The molecule has 1 aromatic heterocycles. The predicted octanol–water partition coefficient (Wildman–Crippen LogP) is 3.12. The summed E-state index contributed by atoms with van der Waals surface area (Å²) in [7, 11) is 0. The van der Waals surface area contributed by atoms with Gasteiger partial charge in [-0.05, 0) is 61.4 Å². The minimum atomic E-state index is -1.08. The third-order valence-corrected chi connectivity index (χ3v) is 5.38. The van der Waals surface area contributed by atoms with Gasteiger partial charge in [-0.1, -0.05) is 12.1 Å². The first-order valence-corrected chi connectivity index (χ1v) is 10.6. The van der Waals surface area contributed by atoms with E-state index in [0.29, 0.717) is 12.2 Å². The maximum atomic E-state index is 13.0. The number of nitrogens with one attached hydrogen (secondary N) is 1. The zero-order valence-electron chi connectivity index (χ0n) is 18.2. The van der Waals surface area contributed by atoms with Crippen molar-refractivity contribution in [3.8, 4) is 0 Å². The lowest BCUT2D eigenvalue weighted by molar-refractivity contribution is -0.129. The SMILES string of the molecule is CC(OC(=O)c1ccc2c(c1)C(=O)N(Cc1ccco1)C2=O)C(=O)NCCc1ccc(F)cc1. The van der Waals surface area contributed by atoms with Crippen LogP contribution in [0.3, 0.4) is 0 Å². The van der Waals surface area contributed by atoms with Crippen molar-refractivity contribution < 1.29 is 32.7 Å². The Morgan fingerprint density at radius 1 is 1.06 bits per heavy atom. The lowest BCUT2D eigenvalue weighted by Gasteiger charge is -2.14. The lowest BCUT2D eigenvalue weighted by atomic mass is 10.1. The maximum absolute atomic E-state index is 13.0. The van der Waals surface area contributed by atoms with E-state index in [1.165, 1.54) is 43.5 Å². The molecule has 1 aliphatic heterocycles. The summed E-state index contributed by atoms with van der Waals surface area (Å²) in [5, 5.41) is 2.66. The van der Waals surface area contributed by atoms with Crippen LogP contribution in [-0.4, -0.2) is 41.2 Å². The molecule has 1 aliphatic rings. The van der Waals surface area contributed by atoms with E-state index in [0.717, 1.165) is 10.5 Å². The van der Waals surface area contributed by atoms with Crippen LogP contribution in [0.1, 0.15) is 49.3 Å². The average molecular weight is 464 g/mol. The van der Waals surface area contributed by atoms with Crippen LogP contribution in [0.15, 0.2) is 65.3 Å². The molecule has 0 radical (unpaired) electrons. The van der Waals surface area contributed by atoms with Gasteiger partial charge in [-0.3, -0.25) is 19.3 Å². The van der Waals surface area contributed by atoms with Crippen molar-refractivity contribution in [3.63, 3.8) is 0 Å². The average Bonchev–Trinajstić information content (AvgIpc) is 3.43. The number of amides is 3. The second kappa shape index (κ2) is 9.70. The van der Waals surface area contributed by atoms with Crippen molar-refractivity contribution in [1.82, 2.24) is 10.2 Å². The Kier molecular flexibility index (Phi) is 6.53. The molecule has 1 atom stereocenters. The molecule has 4 rings (SSSR count). The summed E-state index contributed by atoms with van der Waals surface area (Å²) in [6.07, 6.45) is 0.853. The smallest absolute Gasteiger partial charge is 0.338 e. The summed E-state index contributed by atoms with van der Waals surface area (Å²) < 4.78 is 23.4. The minimum absolute atomic E-state index is 0.0196.